The van der Waals surface area contributed by atoms with Crippen LogP contribution in [0.5, 0.6) is 5.75 Å². The van der Waals surface area contributed by atoms with Crippen LogP contribution in [0.4, 0.5) is 4.39 Å². The Hall–Kier alpha value is -2.64. The first-order valence-corrected chi connectivity index (χ1v) is 8.54. The molecule has 9 heteroatoms. The first-order chi connectivity index (χ1) is 13.0. The molecule has 2 aromatic carbocycles. The summed E-state index contributed by atoms with van der Waals surface area (Å²) in [5, 5.41) is 4.59. The second-order valence-corrected chi connectivity index (χ2v) is 6.26. The van der Waals surface area contributed by atoms with Crippen LogP contribution in [0.25, 0.3) is 0 Å². The Balaban J connectivity index is 1.47. The lowest BCUT2D eigenvalue weighted by atomic mass is 10.1. The summed E-state index contributed by atoms with van der Waals surface area (Å²) < 4.78 is 28.3. The van der Waals surface area contributed by atoms with Crippen molar-refractivity contribution >= 4 is 29.2 Å². The summed E-state index contributed by atoms with van der Waals surface area (Å²) in [6.45, 7) is -0.142. The van der Waals surface area contributed by atoms with Gasteiger partial charge in [-0.05, 0) is 42.0 Å². The smallest absolute Gasteiger partial charge is 0.310 e. The number of benzene rings is 2. The molecule has 0 aliphatic rings. The molecule has 0 radical (unpaired) electrons. The third kappa shape index (κ3) is 5.67. The number of aromatic nitrogens is 2. The molecule has 0 bridgehead atoms. The summed E-state index contributed by atoms with van der Waals surface area (Å²) in [7, 11) is 0. The minimum absolute atomic E-state index is 0.00925. The van der Waals surface area contributed by atoms with E-state index in [1.807, 2.05) is 0 Å². The average Bonchev–Trinajstić information content (AvgIpc) is 3.10. The van der Waals surface area contributed by atoms with Crippen LogP contribution in [0.1, 0.15) is 17.3 Å². The first kappa shape index (κ1) is 19.1. The Kier molecular flexibility index (Phi) is 6.26. The molecule has 0 unspecified atom stereocenters. The number of halogens is 3. The first-order valence-electron chi connectivity index (χ1n) is 7.79. The number of carbonyl (C=O) groups is 1. The number of carbonyl (C=O) groups excluding carboxylic acids is 1. The minimum Gasteiger partial charge on any atom is -0.485 e. The van der Waals surface area contributed by atoms with E-state index in [4.69, 9.17) is 37.2 Å². The quantitative estimate of drug-likeness (QED) is 0.538. The SMILES string of the molecule is O=C(Cc1ccc(Cl)cc1Cl)OCc1nc(COc2ccc(F)cc2)no1. The van der Waals surface area contributed by atoms with Gasteiger partial charge in [0.1, 0.15) is 11.6 Å². The van der Waals surface area contributed by atoms with Gasteiger partial charge in [-0.1, -0.05) is 34.4 Å². The monoisotopic (exact) mass is 410 g/mol. The molecule has 1 heterocycles. The summed E-state index contributed by atoms with van der Waals surface area (Å²) in [4.78, 5) is 16.0. The number of nitrogens with zero attached hydrogens (tertiary/aromatic N) is 2. The van der Waals surface area contributed by atoms with Crippen LogP contribution in [0.2, 0.25) is 10.0 Å². The normalized spacial score (nSPS) is 10.6. The fourth-order valence-electron chi connectivity index (χ4n) is 2.10. The third-order valence-corrected chi connectivity index (χ3v) is 3.99. The number of rotatable bonds is 7. The molecule has 0 aliphatic heterocycles. The van der Waals surface area contributed by atoms with Gasteiger partial charge in [-0.25, -0.2) is 4.39 Å². The maximum atomic E-state index is 12.8. The average molecular weight is 411 g/mol. The van der Waals surface area contributed by atoms with Crippen molar-refractivity contribution in [2.24, 2.45) is 0 Å². The molecule has 0 saturated carbocycles. The van der Waals surface area contributed by atoms with Gasteiger partial charge in [0.15, 0.2) is 13.2 Å². The maximum Gasteiger partial charge on any atom is 0.310 e. The lowest BCUT2D eigenvalue weighted by molar-refractivity contribution is -0.144. The number of esters is 1. The molecular formula is C18H13Cl2FN2O4. The maximum absolute atomic E-state index is 12.8. The van der Waals surface area contributed by atoms with Gasteiger partial charge < -0.3 is 14.0 Å². The molecular weight excluding hydrogens is 398 g/mol. The predicted octanol–water partition coefficient (Wildman–Crippen LogP) is 4.38. The lowest BCUT2D eigenvalue weighted by Gasteiger charge is -2.04. The third-order valence-electron chi connectivity index (χ3n) is 3.40. The van der Waals surface area contributed by atoms with Gasteiger partial charge in [0.25, 0.3) is 5.89 Å². The molecule has 27 heavy (non-hydrogen) atoms. The van der Waals surface area contributed by atoms with E-state index >= 15 is 0 Å². The van der Waals surface area contributed by atoms with Gasteiger partial charge in [-0.3, -0.25) is 4.79 Å². The Bertz CT molecular complexity index is 931. The molecule has 0 saturated heterocycles. The Morgan fingerprint density at radius 2 is 1.89 bits per heavy atom. The molecule has 0 aliphatic carbocycles. The summed E-state index contributed by atoms with van der Waals surface area (Å²) in [6, 6.07) is 10.4. The molecule has 0 spiro atoms. The molecule has 3 rings (SSSR count). The predicted molar refractivity (Wildman–Crippen MR) is 95.0 cm³/mol. The van der Waals surface area contributed by atoms with Crippen molar-refractivity contribution in [2.45, 2.75) is 19.6 Å². The standard InChI is InChI=1S/C18H13Cl2FN2O4/c19-12-2-1-11(15(20)8-12)7-18(24)26-10-17-22-16(23-27-17)9-25-14-5-3-13(21)4-6-14/h1-6,8H,7,9-10H2. The van der Waals surface area contributed by atoms with Crippen LogP contribution >= 0.6 is 23.2 Å². The topological polar surface area (TPSA) is 74.5 Å². The van der Waals surface area contributed by atoms with Gasteiger partial charge in [-0.15, -0.1) is 0 Å². The second-order valence-electron chi connectivity index (χ2n) is 5.42. The lowest BCUT2D eigenvalue weighted by Crippen LogP contribution is -2.08. The van der Waals surface area contributed by atoms with Gasteiger partial charge in [0, 0.05) is 10.0 Å². The molecule has 6 nitrogen and oxygen atoms in total. The molecule has 0 N–H and O–H groups in total. The highest BCUT2D eigenvalue weighted by atomic mass is 35.5. The number of hydrogen-bond acceptors (Lipinski definition) is 6. The summed E-state index contributed by atoms with van der Waals surface area (Å²) in [6.07, 6.45) is -0.00925. The largest absolute Gasteiger partial charge is 0.485 e. The van der Waals surface area contributed by atoms with E-state index in [1.165, 1.54) is 24.3 Å². The Morgan fingerprint density at radius 1 is 1.11 bits per heavy atom. The van der Waals surface area contributed by atoms with Gasteiger partial charge in [-0.2, -0.15) is 4.98 Å². The van der Waals surface area contributed by atoms with Gasteiger partial charge in [0.2, 0.25) is 5.82 Å². The van der Waals surface area contributed by atoms with Gasteiger partial charge in [0.05, 0.1) is 6.42 Å². The van der Waals surface area contributed by atoms with Crippen LogP contribution in [0.3, 0.4) is 0 Å². The Morgan fingerprint density at radius 3 is 2.63 bits per heavy atom. The number of hydrogen-bond donors (Lipinski definition) is 0. The zero-order valence-electron chi connectivity index (χ0n) is 13.8. The van der Waals surface area contributed by atoms with Crippen LogP contribution in [-0.2, 0) is 29.2 Å². The van der Waals surface area contributed by atoms with Crippen molar-refractivity contribution < 1.29 is 23.2 Å². The molecule has 140 valence electrons. The molecule has 0 atom stereocenters. The fraction of sp³-hybridized carbons (Fsp3) is 0.167. The van der Waals surface area contributed by atoms with E-state index in [-0.39, 0.29) is 37.2 Å². The van der Waals surface area contributed by atoms with Crippen LogP contribution in [0, 0.1) is 5.82 Å². The zero-order valence-corrected chi connectivity index (χ0v) is 15.3. The fourth-order valence-corrected chi connectivity index (χ4v) is 2.58. The van der Waals surface area contributed by atoms with E-state index in [0.29, 0.717) is 21.4 Å². The van der Waals surface area contributed by atoms with Crippen LogP contribution in [-0.4, -0.2) is 16.1 Å². The van der Waals surface area contributed by atoms with E-state index < -0.39 is 5.97 Å². The van der Waals surface area contributed by atoms with Crippen molar-refractivity contribution in [3.63, 3.8) is 0 Å². The van der Waals surface area contributed by atoms with Gasteiger partial charge >= 0.3 is 5.97 Å². The van der Waals surface area contributed by atoms with E-state index in [2.05, 4.69) is 10.1 Å². The number of ether oxygens (including phenoxy) is 2. The summed E-state index contributed by atoms with van der Waals surface area (Å²) >= 11 is 11.8. The highest BCUT2D eigenvalue weighted by Crippen LogP contribution is 2.21. The highest BCUT2D eigenvalue weighted by Gasteiger charge is 2.12. The molecule has 3 aromatic rings. The molecule has 0 fully saturated rings. The van der Waals surface area contributed by atoms with E-state index in [9.17, 15) is 9.18 Å². The summed E-state index contributed by atoms with van der Waals surface area (Å²) in [5.41, 5.74) is 0.602. The van der Waals surface area contributed by atoms with Crippen molar-refractivity contribution in [1.29, 1.82) is 0 Å². The van der Waals surface area contributed by atoms with Crippen molar-refractivity contribution in [3.8, 4) is 5.75 Å². The van der Waals surface area contributed by atoms with E-state index in [1.54, 1.807) is 18.2 Å². The highest BCUT2D eigenvalue weighted by molar-refractivity contribution is 6.35. The summed E-state index contributed by atoms with van der Waals surface area (Å²) in [5.74, 6) is 0.0100. The van der Waals surface area contributed by atoms with Crippen molar-refractivity contribution in [3.05, 3.63) is 75.6 Å². The second kappa shape index (κ2) is 8.83. The van der Waals surface area contributed by atoms with E-state index in [0.717, 1.165) is 0 Å². The van der Waals surface area contributed by atoms with Crippen molar-refractivity contribution in [1.82, 2.24) is 10.1 Å². The molecule has 0 amide bonds. The Labute approximate surface area is 163 Å². The molecule has 1 aromatic heterocycles. The van der Waals surface area contributed by atoms with Crippen LogP contribution in [0.15, 0.2) is 47.0 Å². The zero-order chi connectivity index (χ0) is 19.2. The minimum atomic E-state index is -0.499. The van der Waals surface area contributed by atoms with Crippen molar-refractivity contribution in [2.75, 3.05) is 0 Å². The van der Waals surface area contributed by atoms with Crippen LogP contribution < -0.4 is 4.74 Å².